The molecule has 1 heterocycles. The van der Waals surface area contributed by atoms with Gasteiger partial charge in [-0.3, -0.25) is 9.48 Å². The minimum absolute atomic E-state index is 0.137. The van der Waals surface area contributed by atoms with Crippen LogP contribution in [-0.4, -0.2) is 20.9 Å². The highest BCUT2D eigenvalue weighted by Gasteiger charge is 2.16. The van der Waals surface area contributed by atoms with Gasteiger partial charge in [-0.15, -0.1) is 11.8 Å². The fraction of sp³-hybridized carbons (Fsp3) is 0.214. The van der Waals surface area contributed by atoms with Gasteiger partial charge in [0.25, 0.3) is 0 Å². The number of aromatic nitrogens is 2. The maximum absolute atomic E-state index is 12.1. The summed E-state index contributed by atoms with van der Waals surface area (Å²) < 4.78 is 1.69. The molecule has 0 aliphatic carbocycles. The molecule has 20 heavy (non-hydrogen) atoms. The van der Waals surface area contributed by atoms with Crippen LogP contribution in [0.1, 0.15) is 12.5 Å². The van der Waals surface area contributed by atoms with Crippen molar-refractivity contribution in [3.8, 4) is 6.07 Å². The van der Waals surface area contributed by atoms with Crippen molar-refractivity contribution in [2.45, 2.75) is 17.1 Å². The molecule has 6 heteroatoms. The molecule has 1 unspecified atom stereocenters. The van der Waals surface area contributed by atoms with Gasteiger partial charge in [0.2, 0.25) is 5.91 Å². The average molecular weight is 286 g/mol. The third-order valence-corrected chi connectivity index (χ3v) is 3.72. The molecule has 0 aliphatic heterocycles. The van der Waals surface area contributed by atoms with E-state index in [0.717, 1.165) is 4.90 Å². The Kier molecular flexibility index (Phi) is 4.43. The van der Waals surface area contributed by atoms with Gasteiger partial charge in [0, 0.05) is 18.1 Å². The van der Waals surface area contributed by atoms with Gasteiger partial charge in [-0.2, -0.15) is 10.4 Å². The molecule has 1 aromatic carbocycles. The quantitative estimate of drug-likeness (QED) is 0.876. The van der Waals surface area contributed by atoms with Gasteiger partial charge in [-0.1, -0.05) is 12.1 Å². The normalized spacial score (nSPS) is 11.7. The van der Waals surface area contributed by atoms with Gasteiger partial charge in [-0.25, -0.2) is 0 Å². The van der Waals surface area contributed by atoms with Crippen molar-refractivity contribution >= 4 is 23.4 Å². The van der Waals surface area contributed by atoms with Crippen LogP contribution < -0.4 is 5.32 Å². The highest BCUT2D eigenvalue weighted by Crippen LogP contribution is 2.24. The molecule has 2 rings (SSSR count). The Hall–Kier alpha value is -2.26. The van der Waals surface area contributed by atoms with Crippen LogP contribution in [0.4, 0.5) is 5.69 Å². The molecule has 0 spiro atoms. The minimum Gasteiger partial charge on any atom is -0.324 e. The average Bonchev–Trinajstić information content (AvgIpc) is 2.84. The maximum Gasteiger partial charge on any atom is 0.237 e. The molecule has 2 aromatic rings. The van der Waals surface area contributed by atoms with Crippen molar-refractivity contribution in [3.63, 3.8) is 0 Å². The number of nitriles is 1. The molecule has 1 aromatic heterocycles. The summed E-state index contributed by atoms with van der Waals surface area (Å²) in [4.78, 5) is 13.1. The van der Waals surface area contributed by atoms with E-state index >= 15 is 0 Å². The number of para-hydroxylation sites is 1. The lowest BCUT2D eigenvalue weighted by molar-refractivity contribution is -0.115. The molecule has 0 saturated heterocycles. The zero-order valence-corrected chi connectivity index (χ0v) is 12.0. The number of carbonyl (C=O) groups is 1. The number of nitrogens with zero attached hydrogens (tertiary/aromatic N) is 3. The lowest BCUT2D eigenvalue weighted by Crippen LogP contribution is -2.22. The molecule has 1 N–H and O–H groups in total. The van der Waals surface area contributed by atoms with Crippen LogP contribution >= 0.6 is 11.8 Å². The second-order valence-electron chi connectivity index (χ2n) is 4.26. The van der Waals surface area contributed by atoms with Gasteiger partial charge in [0.05, 0.1) is 22.7 Å². The van der Waals surface area contributed by atoms with E-state index in [4.69, 9.17) is 5.26 Å². The summed E-state index contributed by atoms with van der Waals surface area (Å²) in [5.74, 6) is -0.137. The standard InChI is InChI=1S/C14H14N4OS/c1-10(20-12-8-16-18(2)9-12)14(19)17-13-6-4-3-5-11(13)7-15/h3-6,8-10H,1-2H3,(H,17,19). The fourth-order valence-electron chi connectivity index (χ4n) is 1.64. The van der Waals surface area contributed by atoms with Crippen LogP contribution in [0.25, 0.3) is 0 Å². The summed E-state index contributed by atoms with van der Waals surface area (Å²) in [5, 5.41) is 15.6. The van der Waals surface area contributed by atoms with Crippen molar-refractivity contribution in [3.05, 3.63) is 42.2 Å². The van der Waals surface area contributed by atoms with Crippen LogP contribution in [-0.2, 0) is 11.8 Å². The second kappa shape index (κ2) is 6.26. The molecule has 102 valence electrons. The first-order valence-corrected chi connectivity index (χ1v) is 6.93. The van der Waals surface area contributed by atoms with E-state index in [9.17, 15) is 4.79 Å². The molecule has 1 atom stereocenters. The monoisotopic (exact) mass is 286 g/mol. The molecule has 5 nitrogen and oxygen atoms in total. The van der Waals surface area contributed by atoms with Gasteiger partial charge >= 0.3 is 0 Å². The highest BCUT2D eigenvalue weighted by atomic mass is 32.2. The van der Waals surface area contributed by atoms with Crippen molar-refractivity contribution in [2.24, 2.45) is 7.05 Å². The number of anilines is 1. The Bertz CT molecular complexity index is 659. The fourth-order valence-corrected chi connectivity index (χ4v) is 2.54. The number of thioether (sulfide) groups is 1. The van der Waals surface area contributed by atoms with Crippen LogP contribution in [0.15, 0.2) is 41.6 Å². The molecule has 0 radical (unpaired) electrons. The maximum atomic E-state index is 12.1. The number of rotatable bonds is 4. The zero-order chi connectivity index (χ0) is 14.5. The number of amides is 1. The number of aryl methyl sites for hydroxylation is 1. The van der Waals surface area contributed by atoms with Crippen LogP contribution in [0.3, 0.4) is 0 Å². The lowest BCUT2D eigenvalue weighted by atomic mass is 10.2. The van der Waals surface area contributed by atoms with E-state index in [-0.39, 0.29) is 11.2 Å². The molecular weight excluding hydrogens is 272 g/mol. The third kappa shape index (κ3) is 3.39. The molecule has 0 bridgehead atoms. The predicted molar refractivity (Wildman–Crippen MR) is 78.3 cm³/mol. The van der Waals surface area contributed by atoms with Crippen molar-refractivity contribution < 1.29 is 4.79 Å². The van der Waals surface area contributed by atoms with Gasteiger partial charge in [0.15, 0.2) is 0 Å². The van der Waals surface area contributed by atoms with Crippen molar-refractivity contribution in [1.82, 2.24) is 9.78 Å². The Morgan fingerprint density at radius 1 is 1.50 bits per heavy atom. The van der Waals surface area contributed by atoms with Crippen molar-refractivity contribution in [1.29, 1.82) is 5.26 Å². The van der Waals surface area contributed by atoms with Gasteiger partial charge < -0.3 is 5.32 Å². The van der Waals surface area contributed by atoms with Crippen LogP contribution in [0.2, 0.25) is 0 Å². The SMILES string of the molecule is CC(Sc1cnn(C)c1)C(=O)Nc1ccccc1C#N. The van der Waals surface area contributed by atoms with Crippen LogP contribution in [0, 0.1) is 11.3 Å². The third-order valence-electron chi connectivity index (χ3n) is 2.67. The van der Waals surface area contributed by atoms with Gasteiger partial charge in [0.1, 0.15) is 6.07 Å². The summed E-state index contributed by atoms with van der Waals surface area (Å²) >= 11 is 1.43. The van der Waals surface area contributed by atoms with E-state index in [2.05, 4.69) is 16.5 Å². The van der Waals surface area contributed by atoms with Crippen molar-refractivity contribution in [2.75, 3.05) is 5.32 Å². The Balaban J connectivity index is 2.02. The number of hydrogen-bond donors (Lipinski definition) is 1. The predicted octanol–water partition coefficient (Wildman–Crippen LogP) is 2.41. The summed E-state index contributed by atoms with van der Waals surface area (Å²) in [6, 6.07) is 9.01. The number of hydrogen-bond acceptors (Lipinski definition) is 4. The first-order valence-electron chi connectivity index (χ1n) is 6.05. The molecular formula is C14H14N4OS. The molecule has 0 aliphatic rings. The lowest BCUT2D eigenvalue weighted by Gasteiger charge is -2.11. The number of carbonyl (C=O) groups excluding carboxylic acids is 1. The first kappa shape index (κ1) is 14.2. The summed E-state index contributed by atoms with van der Waals surface area (Å²) in [6.07, 6.45) is 3.58. The van der Waals surface area contributed by atoms with E-state index < -0.39 is 0 Å². The molecule has 0 saturated carbocycles. The van der Waals surface area contributed by atoms with E-state index in [1.807, 2.05) is 20.2 Å². The number of benzene rings is 1. The van der Waals surface area contributed by atoms with E-state index in [0.29, 0.717) is 11.3 Å². The highest BCUT2D eigenvalue weighted by molar-refractivity contribution is 8.00. The van der Waals surface area contributed by atoms with Crippen LogP contribution in [0.5, 0.6) is 0 Å². The first-order chi connectivity index (χ1) is 9.60. The Morgan fingerprint density at radius 3 is 2.90 bits per heavy atom. The molecule has 0 fully saturated rings. The largest absolute Gasteiger partial charge is 0.324 e. The van der Waals surface area contributed by atoms with E-state index in [1.54, 1.807) is 35.1 Å². The van der Waals surface area contributed by atoms with Gasteiger partial charge in [-0.05, 0) is 19.1 Å². The molecule has 1 amide bonds. The second-order valence-corrected chi connectivity index (χ2v) is 5.67. The summed E-state index contributed by atoms with van der Waals surface area (Å²) in [6.45, 7) is 1.82. The topological polar surface area (TPSA) is 70.7 Å². The Morgan fingerprint density at radius 2 is 2.25 bits per heavy atom. The number of nitrogens with one attached hydrogen (secondary N) is 1. The summed E-state index contributed by atoms with van der Waals surface area (Å²) in [5.41, 5.74) is 0.998. The Labute approximate surface area is 121 Å². The zero-order valence-electron chi connectivity index (χ0n) is 11.2. The summed E-state index contributed by atoms with van der Waals surface area (Å²) in [7, 11) is 1.83. The van der Waals surface area contributed by atoms with E-state index in [1.165, 1.54) is 11.8 Å². The smallest absolute Gasteiger partial charge is 0.237 e. The minimum atomic E-state index is -0.272.